The van der Waals surface area contributed by atoms with Crippen molar-refractivity contribution in [3.8, 4) is 0 Å². The first-order valence-electron chi connectivity index (χ1n) is 3.95. The Morgan fingerprint density at radius 1 is 1.45 bits per heavy atom. The SMILES string of the molecule is CCCCC(CC)C(=O)O.[PbH2]. The molecular formula is C8H18O2Pb. The van der Waals surface area contributed by atoms with Gasteiger partial charge in [-0.1, -0.05) is 26.7 Å². The van der Waals surface area contributed by atoms with Crippen molar-refractivity contribution < 1.29 is 9.90 Å². The van der Waals surface area contributed by atoms with Crippen LogP contribution in [0.2, 0.25) is 0 Å². The van der Waals surface area contributed by atoms with Gasteiger partial charge in [0, 0.05) is 0 Å². The van der Waals surface area contributed by atoms with Gasteiger partial charge in [0.25, 0.3) is 0 Å². The molecule has 2 radical (unpaired) electrons. The molecule has 0 amide bonds. The Bertz CT molecular complexity index is 104. The second-order valence-electron chi connectivity index (χ2n) is 2.59. The van der Waals surface area contributed by atoms with E-state index in [9.17, 15) is 4.79 Å². The number of rotatable bonds is 5. The van der Waals surface area contributed by atoms with Crippen molar-refractivity contribution in [2.24, 2.45) is 5.92 Å². The van der Waals surface area contributed by atoms with E-state index in [0.717, 1.165) is 25.7 Å². The molecule has 0 heterocycles. The van der Waals surface area contributed by atoms with Gasteiger partial charge in [0.15, 0.2) is 0 Å². The molecule has 0 fully saturated rings. The van der Waals surface area contributed by atoms with Gasteiger partial charge in [-0.3, -0.25) is 4.79 Å². The number of hydrogen-bond donors (Lipinski definition) is 1. The van der Waals surface area contributed by atoms with Crippen LogP contribution in [-0.2, 0) is 4.79 Å². The molecule has 66 valence electrons. The summed E-state index contributed by atoms with van der Waals surface area (Å²) in [5.41, 5.74) is 0. The molecule has 11 heavy (non-hydrogen) atoms. The topological polar surface area (TPSA) is 37.3 Å². The molecule has 0 bridgehead atoms. The summed E-state index contributed by atoms with van der Waals surface area (Å²) < 4.78 is 0. The van der Waals surface area contributed by atoms with Crippen LogP contribution in [0.1, 0.15) is 39.5 Å². The molecule has 0 saturated heterocycles. The maximum absolute atomic E-state index is 10.4. The van der Waals surface area contributed by atoms with Crippen LogP contribution >= 0.6 is 0 Å². The van der Waals surface area contributed by atoms with Crippen LogP contribution < -0.4 is 0 Å². The van der Waals surface area contributed by atoms with Crippen molar-refractivity contribution >= 4 is 33.3 Å². The summed E-state index contributed by atoms with van der Waals surface area (Å²) in [5.74, 6) is -0.754. The standard InChI is InChI=1S/C8H16O2.Pb.2H/c1-3-5-6-7(4-2)8(9)10;;;/h7H,3-6H2,1-2H3,(H,9,10);;;. The van der Waals surface area contributed by atoms with E-state index in [-0.39, 0.29) is 33.2 Å². The van der Waals surface area contributed by atoms with E-state index in [4.69, 9.17) is 5.11 Å². The van der Waals surface area contributed by atoms with Crippen LogP contribution in [0.4, 0.5) is 0 Å². The number of carbonyl (C=O) groups is 1. The predicted octanol–water partition coefficient (Wildman–Crippen LogP) is 1.37. The third kappa shape index (κ3) is 6.78. The Morgan fingerprint density at radius 2 is 2.00 bits per heavy atom. The average Bonchev–Trinajstić information content (AvgIpc) is 1.89. The molecule has 0 aliphatic carbocycles. The Balaban J connectivity index is 0. The van der Waals surface area contributed by atoms with Crippen molar-refractivity contribution in [1.29, 1.82) is 0 Å². The van der Waals surface area contributed by atoms with E-state index in [1.54, 1.807) is 0 Å². The molecule has 0 aliphatic heterocycles. The summed E-state index contributed by atoms with van der Waals surface area (Å²) in [5, 5.41) is 8.60. The van der Waals surface area contributed by atoms with Crippen molar-refractivity contribution in [2.75, 3.05) is 0 Å². The zero-order chi connectivity index (χ0) is 7.98. The summed E-state index contributed by atoms with van der Waals surface area (Å²) in [6.07, 6.45) is 3.71. The Labute approximate surface area is 88.5 Å². The van der Waals surface area contributed by atoms with E-state index in [1.807, 2.05) is 6.92 Å². The summed E-state index contributed by atoms with van der Waals surface area (Å²) in [4.78, 5) is 10.4. The van der Waals surface area contributed by atoms with Gasteiger partial charge in [-0.25, -0.2) is 0 Å². The third-order valence-corrected chi connectivity index (χ3v) is 1.75. The van der Waals surface area contributed by atoms with E-state index in [1.165, 1.54) is 0 Å². The molecular weight excluding hydrogens is 335 g/mol. The molecule has 0 spiro atoms. The number of carboxylic acid groups (broad SMARTS) is 1. The monoisotopic (exact) mass is 354 g/mol. The minimum atomic E-state index is -0.643. The zero-order valence-corrected chi connectivity index (χ0v) is 13.0. The molecule has 1 atom stereocenters. The van der Waals surface area contributed by atoms with Gasteiger partial charge in [0.2, 0.25) is 0 Å². The van der Waals surface area contributed by atoms with E-state index in [0.29, 0.717) is 0 Å². The van der Waals surface area contributed by atoms with Gasteiger partial charge in [-0.15, -0.1) is 0 Å². The fourth-order valence-electron chi connectivity index (χ4n) is 0.953. The molecule has 3 heteroatoms. The number of carboxylic acids is 1. The second kappa shape index (κ2) is 8.49. The Morgan fingerprint density at radius 3 is 2.27 bits per heavy atom. The van der Waals surface area contributed by atoms with Gasteiger partial charge >= 0.3 is 33.3 Å². The molecule has 0 aliphatic rings. The Kier molecular flexibility index (Phi) is 10.8. The first-order valence-corrected chi connectivity index (χ1v) is 3.95. The van der Waals surface area contributed by atoms with E-state index < -0.39 is 5.97 Å². The number of aliphatic carboxylic acids is 1. The molecule has 0 rings (SSSR count). The average molecular weight is 353 g/mol. The van der Waals surface area contributed by atoms with Crippen molar-refractivity contribution in [3.63, 3.8) is 0 Å². The van der Waals surface area contributed by atoms with Crippen LogP contribution in [0.15, 0.2) is 0 Å². The van der Waals surface area contributed by atoms with E-state index in [2.05, 4.69) is 6.92 Å². The molecule has 1 N–H and O–H groups in total. The summed E-state index contributed by atoms with van der Waals surface area (Å²) in [7, 11) is 0. The normalized spacial score (nSPS) is 11.8. The second-order valence-corrected chi connectivity index (χ2v) is 2.59. The van der Waals surface area contributed by atoms with Crippen LogP contribution in [-0.4, -0.2) is 38.4 Å². The quantitative estimate of drug-likeness (QED) is 0.758. The molecule has 0 aromatic rings. The van der Waals surface area contributed by atoms with Gasteiger partial charge in [-0.05, 0) is 12.8 Å². The van der Waals surface area contributed by atoms with E-state index >= 15 is 0 Å². The summed E-state index contributed by atoms with van der Waals surface area (Å²) in [6.45, 7) is 4.00. The maximum atomic E-state index is 10.4. The van der Waals surface area contributed by atoms with Crippen LogP contribution in [0.3, 0.4) is 0 Å². The summed E-state index contributed by atoms with van der Waals surface area (Å²) in [6, 6.07) is 0. The minimum absolute atomic E-state index is 0. The fraction of sp³-hybridized carbons (Fsp3) is 0.875. The van der Waals surface area contributed by atoms with Gasteiger partial charge < -0.3 is 5.11 Å². The van der Waals surface area contributed by atoms with Crippen LogP contribution in [0.5, 0.6) is 0 Å². The molecule has 2 nitrogen and oxygen atoms in total. The zero-order valence-electron chi connectivity index (χ0n) is 7.47. The Hall–Kier alpha value is 0.392. The first kappa shape index (κ1) is 13.9. The van der Waals surface area contributed by atoms with Crippen molar-refractivity contribution in [1.82, 2.24) is 0 Å². The van der Waals surface area contributed by atoms with Crippen LogP contribution in [0, 0.1) is 5.92 Å². The first-order chi connectivity index (χ1) is 4.72. The number of hydrogen-bond acceptors (Lipinski definition) is 1. The van der Waals surface area contributed by atoms with Gasteiger partial charge in [0.05, 0.1) is 5.92 Å². The van der Waals surface area contributed by atoms with Gasteiger partial charge in [0.1, 0.15) is 0 Å². The molecule has 0 aromatic carbocycles. The van der Waals surface area contributed by atoms with Crippen molar-refractivity contribution in [3.05, 3.63) is 0 Å². The molecule has 1 unspecified atom stereocenters. The van der Waals surface area contributed by atoms with Crippen LogP contribution in [0.25, 0.3) is 0 Å². The molecule has 0 saturated carbocycles. The summed E-state index contributed by atoms with van der Waals surface area (Å²) >= 11 is 0. The van der Waals surface area contributed by atoms with Gasteiger partial charge in [-0.2, -0.15) is 0 Å². The van der Waals surface area contributed by atoms with Crippen molar-refractivity contribution in [2.45, 2.75) is 39.5 Å². The number of unbranched alkanes of at least 4 members (excludes halogenated alkanes) is 1. The molecule has 0 aromatic heterocycles. The fourth-order valence-corrected chi connectivity index (χ4v) is 0.953. The third-order valence-electron chi connectivity index (χ3n) is 1.75. The predicted molar refractivity (Wildman–Crippen MR) is 49.5 cm³/mol.